The number of halogens is 1. The molecule has 2 atom stereocenters. The maximum Gasteiger partial charge on any atom is 0.148 e. The van der Waals surface area contributed by atoms with Gasteiger partial charge in [0.1, 0.15) is 28.9 Å². The van der Waals surface area contributed by atoms with Gasteiger partial charge in [-0.2, -0.15) is 15.6 Å². The smallest absolute Gasteiger partial charge is 0.148 e. The Morgan fingerprint density at radius 3 is 3.00 bits per heavy atom. The third kappa shape index (κ3) is 3.43. The van der Waals surface area contributed by atoms with Crippen LogP contribution in [0.5, 0.6) is 0 Å². The molecule has 0 saturated carbocycles. The molecule has 1 saturated heterocycles. The van der Waals surface area contributed by atoms with Crippen molar-refractivity contribution in [2.24, 2.45) is 5.92 Å². The van der Waals surface area contributed by atoms with Gasteiger partial charge in [-0.05, 0) is 18.6 Å². The lowest BCUT2D eigenvalue weighted by molar-refractivity contribution is 0.332. The lowest BCUT2D eigenvalue weighted by atomic mass is 9.96. The molecule has 5 rings (SSSR count). The van der Waals surface area contributed by atoms with Gasteiger partial charge in [0.2, 0.25) is 0 Å². The molecule has 158 valence electrons. The number of hydrogen-bond donors (Lipinski definition) is 1. The molecule has 0 spiro atoms. The Kier molecular flexibility index (Phi) is 5.18. The number of aromatic nitrogens is 6. The van der Waals surface area contributed by atoms with E-state index in [2.05, 4.69) is 42.1 Å². The number of H-pyrrole nitrogens is 1. The molecule has 1 fully saturated rings. The number of hydrogen-bond acceptors (Lipinski definition) is 7. The summed E-state index contributed by atoms with van der Waals surface area (Å²) < 4.78 is 1.87. The van der Waals surface area contributed by atoms with E-state index in [9.17, 15) is 10.5 Å². The van der Waals surface area contributed by atoms with Crippen LogP contribution in [0, 0.1) is 28.6 Å². The fourth-order valence-electron chi connectivity index (χ4n) is 4.35. The average molecular weight is 444 g/mol. The Balaban J connectivity index is 1.41. The molecular weight excluding hydrogens is 426 g/mol. The van der Waals surface area contributed by atoms with Crippen molar-refractivity contribution in [1.29, 1.82) is 10.5 Å². The Labute approximate surface area is 188 Å². The topological polar surface area (TPSA) is 123 Å². The van der Waals surface area contributed by atoms with Gasteiger partial charge < -0.3 is 9.88 Å². The van der Waals surface area contributed by atoms with Crippen molar-refractivity contribution in [1.82, 2.24) is 29.7 Å². The van der Waals surface area contributed by atoms with Gasteiger partial charge in [0, 0.05) is 48.5 Å². The van der Waals surface area contributed by atoms with Gasteiger partial charge in [-0.15, -0.1) is 0 Å². The molecule has 10 heteroatoms. The first kappa shape index (κ1) is 20.0. The third-order valence-electron chi connectivity index (χ3n) is 5.93. The van der Waals surface area contributed by atoms with Gasteiger partial charge in [0.05, 0.1) is 36.0 Å². The summed E-state index contributed by atoms with van der Waals surface area (Å²) in [4.78, 5) is 18.2. The van der Waals surface area contributed by atoms with E-state index in [4.69, 9.17) is 11.6 Å². The van der Waals surface area contributed by atoms with Crippen LogP contribution in [0.2, 0.25) is 5.02 Å². The summed E-state index contributed by atoms with van der Waals surface area (Å²) in [7, 11) is 0. The molecule has 4 aromatic rings. The summed E-state index contributed by atoms with van der Waals surface area (Å²) in [6.07, 6.45) is 9.89. The first-order valence-corrected chi connectivity index (χ1v) is 10.6. The van der Waals surface area contributed by atoms with E-state index in [1.54, 1.807) is 18.5 Å². The van der Waals surface area contributed by atoms with Crippen LogP contribution >= 0.6 is 11.6 Å². The quantitative estimate of drug-likeness (QED) is 0.498. The first-order valence-electron chi connectivity index (χ1n) is 10.2. The van der Waals surface area contributed by atoms with E-state index in [0.717, 1.165) is 35.3 Å². The minimum absolute atomic E-state index is 0.0970. The number of anilines is 1. The number of nitriles is 2. The van der Waals surface area contributed by atoms with Crippen molar-refractivity contribution >= 4 is 28.5 Å². The molecule has 0 radical (unpaired) electrons. The van der Waals surface area contributed by atoms with E-state index in [1.165, 1.54) is 6.33 Å². The predicted octanol–water partition coefficient (Wildman–Crippen LogP) is 3.72. The van der Waals surface area contributed by atoms with Gasteiger partial charge >= 0.3 is 0 Å². The number of nitrogens with zero attached hydrogens (tertiary/aromatic N) is 8. The molecule has 1 N–H and O–H groups in total. The number of aromatic amines is 1. The van der Waals surface area contributed by atoms with Crippen LogP contribution in [0.25, 0.3) is 22.3 Å². The molecule has 0 amide bonds. The third-order valence-corrected chi connectivity index (χ3v) is 6.30. The number of fused-ring (bicyclic) bond motifs is 1. The molecule has 2 unspecified atom stereocenters. The fraction of sp³-hybridized carbons (Fsp3) is 0.273. The van der Waals surface area contributed by atoms with Crippen LogP contribution in [-0.4, -0.2) is 42.8 Å². The highest BCUT2D eigenvalue weighted by atomic mass is 35.5. The standard InChI is InChI=1S/C22H18ClN9/c23-19-14(9-25)2-6-27-22(19)31-8-4-15(11-31)18(1-5-24)32-12-16(10-30-32)20-17-3-7-26-21(17)29-13-28-20/h2-3,6-7,10,12-13,15,18H,1,4,8,11H2,(H,26,28,29). The maximum atomic E-state index is 9.49. The van der Waals surface area contributed by atoms with Crippen LogP contribution in [-0.2, 0) is 0 Å². The van der Waals surface area contributed by atoms with E-state index >= 15 is 0 Å². The number of rotatable bonds is 5. The second kappa shape index (κ2) is 8.29. The Hall–Kier alpha value is -3.95. The van der Waals surface area contributed by atoms with Crippen molar-refractivity contribution in [3.63, 3.8) is 0 Å². The SMILES string of the molecule is N#CCC(C1CCN(c2nccc(C#N)c2Cl)C1)n1cc(-c2ncnc3[nH]ccc23)cn1. The largest absolute Gasteiger partial charge is 0.355 e. The highest BCUT2D eigenvalue weighted by Crippen LogP contribution is 2.36. The fourth-order valence-corrected chi connectivity index (χ4v) is 4.62. The summed E-state index contributed by atoms with van der Waals surface area (Å²) >= 11 is 6.39. The summed E-state index contributed by atoms with van der Waals surface area (Å²) in [5.41, 5.74) is 2.86. The molecule has 9 nitrogen and oxygen atoms in total. The van der Waals surface area contributed by atoms with Crippen LogP contribution in [0.15, 0.2) is 43.2 Å². The highest BCUT2D eigenvalue weighted by molar-refractivity contribution is 6.34. The Bertz CT molecular complexity index is 1360. The van der Waals surface area contributed by atoms with Gasteiger partial charge in [0.15, 0.2) is 0 Å². The lowest BCUT2D eigenvalue weighted by Gasteiger charge is -2.23. The van der Waals surface area contributed by atoms with Gasteiger partial charge in [0.25, 0.3) is 0 Å². The Morgan fingerprint density at radius 1 is 1.25 bits per heavy atom. The molecule has 0 aromatic carbocycles. The van der Waals surface area contributed by atoms with E-state index in [1.807, 2.05) is 23.1 Å². The molecule has 5 heterocycles. The normalized spacial score (nSPS) is 16.7. The predicted molar refractivity (Wildman–Crippen MR) is 119 cm³/mol. The second-order valence-electron chi connectivity index (χ2n) is 7.70. The van der Waals surface area contributed by atoms with Gasteiger partial charge in [-0.1, -0.05) is 11.6 Å². The van der Waals surface area contributed by atoms with Gasteiger partial charge in [-0.3, -0.25) is 4.68 Å². The van der Waals surface area contributed by atoms with Crippen LogP contribution in [0.1, 0.15) is 24.4 Å². The zero-order valence-electron chi connectivity index (χ0n) is 17.0. The molecular formula is C22H18ClN9. The van der Waals surface area contributed by atoms with Crippen LogP contribution < -0.4 is 4.90 Å². The number of pyridine rings is 1. The van der Waals surface area contributed by atoms with Crippen molar-refractivity contribution in [3.8, 4) is 23.4 Å². The minimum Gasteiger partial charge on any atom is -0.355 e. The Morgan fingerprint density at radius 2 is 2.16 bits per heavy atom. The monoisotopic (exact) mass is 443 g/mol. The van der Waals surface area contributed by atoms with Crippen molar-refractivity contribution in [2.75, 3.05) is 18.0 Å². The van der Waals surface area contributed by atoms with E-state index in [0.29, 0.717) is 29.4 Å². The summed E-state index contributed by atoms with van der Waals surface area (Å²) in [6, 6.07) is 7.86. The molecule has 1 aliphatic rings. The lowest BCUT2D eigenvalue weighted by Crippen LogP contribution is -2.25. The maximum absolute atomic E-state index is 9.49. The zero-order valence-corrected chi connectivity index (χ0v) is 17.7. The molecule has 4 aromatic heterocycles. The molecule has 0 bridgehead atoms. The summed E-state index contributed by atoms with van der Waals surface area (Å²) in [5.74, 6) is 0.796. The van der Waals surface area contributed by atoms with Crippen molar-refractivity contribution in [3.05, 3.63) is 53.8 Å². The summed E-state index contributed by atoms with van der Waals surface area (Å²) in [5, 5.41) is 24.6. The zero-order chi connectivity index (χ0) is 22.1. The highest BCUT2D eigenvalue weighted by Gasteiger charge is 2.33. The first-order chi connectivity index (χ1) is 15.7. The second-order valence-corrected chi connectivity index (χ2v) is 8.08. The molecule has 1 aliphatic heterocycles. The van der Waals surface area contributed by atoms with Gasteiger partial charge in [-0.25, -0.2) is 15.0 Å². The van der Waals surface area contributed by atoms with Crippen molar-refractivity contribution in [2.45, 2.75) is 18.9 Å². The molecule has 0 aliphatic carbocycles. The van der Waals surface area contributed by atoms with E-state index < -0.39 is 0 Å². The number of nitrogens with one attached hydrogen (secondary N) is 1. The van der Waals surface area contributed by atoms with Crippen LogP contribution in [0.4, 0.5) is 5.82 Å². The molecule has 32 heavy (non-hydrogen) atoms. The van der Waals surface area contributed by atoms with E-state index in [-0.39, 0.29) is 12.0 Å². The minimum atomic E-state index is -0.0970. The van der Waals surface area contributed by atoms with Crippen LogP contribution in [0.3, 0.4) is 0 Å². The van der Waals surface area contributed by atoms with Crippen molar-refractivity contribution < 1.29 is 0 Å². The summed E-state index contributed by atoms with van der Waals surface area (Å²) in [6.45, 7) is 1.43. The average Bonchev–Trinajstić information content (AvgIpc) is 3.58.